The fraction of sp³-hybridized carbons (Fsp3) is 0.235. The van der Waals surface area contributed by atoms with Crippen LogP contribution < -0.4 is 5.32 Å². The molecule has 118 valence electrons. The van der Waals surface area contributed by atoms with Crippen molar-refractivity contribution in [1.82, 2.24) is 19.7 Å². The lowest BCUT2D eigenvalue weighted by atomic mass is 10.1. The molecule has 23 heavy (non-hydrogen) atoms. The molecule has 6 heteroatoms. The van der Waals surface area contributed by atoms with Gasteiger partial charge < -0.3 is 5.32 Å². The summed E-state index contributed by atoms with van der Waals surface area (Å²) in [6.07, 6.45) is 5.09. The van der Waals surface area contributed by atoms with Crippen LogP contribution in [-0.4, -0.2) is 26.8 Å². The number of carbonyl (C=O) groups is 1. The summed E-state index contributed by atoms with van der Waals surface area (Å²) in [6, 6.07) is 7.37. The summed E-state index contributed by atoms with van der Waals surface area (Å²) in [6.45, 7) is 4.70. The van der Waals surface area contributed by atoms with Crippen molar-refractivity contribution in [2.75, 3.05) is 6.54 Å². The van der Waals surface area contributed by atoms with E-state index >= 15 is 0 Å². The van der Waals surface area contributed by atoms with Crippen LogP contribution in [0.5, 0.6) is 0 Å². The number of benzene rings is 1. The molecule has 0 saturated carbocycles. The standard InChI is InChI=1S/C17H17ClN4O/c1-11(2)9-20-17(23)16-21-15(12-3-5-13(18)6-4-12)14-10-19-7-8-22(14)16/h3-8,10-11H,9H2,1-2H3,(H,20,23). The predicted molar refractivity (Wildman–Crippen MR) is 90.6 cm³/mol. The zero-order valence-electron chi connectivity index (χ0n) is 13.0. The third-order valence-electron chi connectivity index (χ3n) is 3.44. The highest BCUT2D eigenvalue weighted by atomic mass is 35.5. The van der Waals surface area contributed by atoms with Crippen molar-refractivity contribution in [3.63, 3.8) is 0 Å². The molecule has 0 aliphatic rings. The molecule has 0 bridgehead atoms. The monoisotopic (exact) mass is 328 g/mol. The third-order valence-corrected chi connectivity index (χ3v) is 3.69. The van der Waals surface area contributed by atoms with Crippen LogP contribution in [0.3, 0.4) is 0 Å². The second-order valence-corrected chi connectivity index (χ2v) is 6.16. The number of rotatable bonds is 4. The number of aromatic nitrogens is 3. The lowest BCUT2D eigenvalue weighted by Crippen LogP contribution is -2.28. The van der Waals surface area contributed by atoms with Gasteiger partial charge in [0.15, 0.2) is 0 Å². The molecule has 3 aromatic rings. The van der Waals surface area contributed by atoms with Gasteiger partial charge in [0.1, 0.15) is 0 Å². The van der Waals surface area contributed by atoms with Gasteiger partial charge >= 0.3 is 0 Å². The fourth-order valence-corrected chi connectivity index (χ4v) is 2.42. The van der Waals surface area contributed by atoms with Crippen LogP contribution in [0, 0.1) is 5.92 Å². The number of imidazole rings is 1. The SMILES string of the molecule is CC(C)CNC(=O)c1nc(-c2ccc(Cl)cc2)c2cnccn12. The Morgan fingerprint density at radius 3 is 2.74 bits per heavy atom. The van der Waals surface area contributed by atoms with Gasteiger partial charge in [0.2, 0.25) is 5.82 Å². The molecule has 0 atom stereocenters. The quantitative estimate of drug-likeness (QED) is 0.798. The van der Waals surface area contributed by atoms with E-state index in [1.54, 1.807) is 35.1 Å². The van der Waals surface area contributed by atoms with Crippen molar-refractivity contribution < 1.29 is 4.79 Å². The van der Waals surface area contributed by atoms with Crippen LogP contribution >= 0.6 is 11.6 Å². The van der Waals surface area contributed by atoms with Crippen LogP contribution in [0.25, 0.3) is 16.8 Å². The summed E-state index contributed by atoms with van der Waals surface area (Å²) in [5, 5.41) is 3.56. The number of hydrogen-bond donors (Lipinski definition) is 1. The van der Waals surface area contributed by atoms with Gasteiger partial charge in [-0.05, 0) is 18.1 Å². The molecule has 5 nitrogen and oxygen atoms in total. The van der Waals surface area contributed by atoms with E-state index < -0.39 is 0 Å². The molecule has 0 aliphatic heterocycles. The van der Waals surface area contributed by atoms with Gasteiger partial charge in [-0.15, -0.1) is 0 Å². The van der Waals surface area contributed by atoms with Crippen LogP contribution in [0.1, 0.15) is 24.5 Å². The molecule has 0 unspecified atom stereocenters. The van der Waals surface area contributed by atoms with Crippen LogP contribution in [0.15, 0.2) is 42.9 Å². The van der Waals surface area contributed by atoms with Gasteiger partial charge in [-0.2, -0.15) is 0 Å². The molecule has 0 radical (unpaired) electrons. The van der Waals surface area contributed by atoms with Crippen LogP contribution in [0.2, 0.25) is 5.02 Å². The first-order valence-corrected chi connectivity index (χ1v) is 7.80. The van der Waals surface area contributed by atoms with E-state index in [9.17, 15) is 4.79 Å². The van der Waals surface area contributed by atoms with E-state index in [2.05, 4.69) is 15.3 Å². The summed E-state index contributed by atoms with van der Waals surface area (Å²) in [7, 11) is 0. The Morgan fingerprint density at radius 2 is 2.04 bits per heavy atom. The number of fused-ring (bicyclic) bond motifs is 1. The zero-order valence-corrected chi connectivity index (χ0v) is 13.7. The molecule has 2 aromatic heterocycles. The lowest BCUT2D eigenvalue weighted by Gasteiger charge is -2.06. The Balaban J connectivity index is 2.06. The van der Waals surface area contributed by atoms with Gasteiger partial charge in [0, 0.05) is 29.5 Å². The van der Waals surface area contributed by atoms with Crippen LogP contribution in [0.4, 0.5) is 0 Å². The summed E-state index contributed by atoms with van der Waals surface area (Å²) in [5.41, 5.74) is 2.39. The minimum atomic E-state index is -0.194. The maximum Gasteiger partial charge on any atom is 0.287 e. The molecular formula is C17H17ClN4O. The molecule has 0 fully saturated rings. The topological polar surface area (TPSA) is 59.3 Å². The first kappa shape index (κ1) is 15.5. The maximum absolute atomic E-state index is 12.4. The summed E-state index contributed by atoms with van der Waals surface area (Å²) in [5.74, 6) is 0.538. The normalized spacial score (nSPS) is 11.1. The van der Waals surface area contributed by atoms with E-state index in [-0.39, 0.29) is 5.91 Å². The van der Waals surface area contributed by atoms with Gasteiger partial charge in [0.25, 0.3) is 5.91 Å². The van der Waals surface area contributed by atoms with Gasteiger partial charge in [-0.1, -0.05) is 37.6 Å². The highest BCUT2D eigenvalue weighted by molar-refractivity contribution is 6.30. The van der Waals surface area contributed by atoms with Gasteiger partial charge in [0.05, 0.1) is 17.4 Å². The van der Waals surface area contributed by atoms with Crippen molar-refractivity contribution in [3.8, 4) is 11.3 Å². The molecule has 0 spiro atoms. The average Bonchev–Trinajstić information content (AvgIpc) is 2.93. The minimum absolute atomic E-state index is 0.194. The molecule has 3 rings (SSSR count). The summed E-state index contributed by atoms with van der Waals surface area (Å²) < 4.78 is 1.76. The number of nitrogens with one attached hydrogen (secondary N) is 1. The third kappa shape index (κ3) is 3.19. The Bertz CT molecular complexity index is 839. The number of carbonyl (C=O) groups excluding carboxylic acids is 1. The first-order chi connectivity index (χ1) is 11.1. The minimum Gasteiger partial charge on any atom is -0.349 e. The smallest absolute Gasteiger partial charge is 0.287 e. The Kier molecular flexibility index (Phi) is 4.30. The van der Waals surface area contributed by atoms with Crippen molar-refractivity contribution in [2.24, 2.45) is 5.92 Å². The summed E-state index contributed by atoms with van der Waals surface area (Å²) in [4.78, 5) is 21.1. The Hall–Kier alpha value is -2.40. The number of amides is 1. The molecule has 0 aliphatic carbocycles. The largest absolute Gasteiger partial charge is 0.349 e. The highest BCUT2D eigenvalue weighted by Crippen LogP contribution is 2.25. The second-order valence-electron chi connectivity index (χ2n) is 5.73. The Labute approximate surface area is 139 Å². The first-order valence-electron chi connectivity index (χ1n) is 7.42. The van der Waals surface area contributed by atoms with E-state index in [4.69, 9.17) is 11.6 Å². The maximum atomic E-state index is 12.4. The molecule has 2 heterocycles. The van der Waals surface area contributed by atoms with E-state index in [0.29, 0.717) is 29.0 Å². The van der Waals surface area contributed by atoms with Crippen LogP contribution in [-0.2, 0) is 0 Å². The molecule has 0 saturated heterocycles. The fourth-order valence-electron chi connectivity index (χ4n) is 2.29. The number of halogens is 1. The number of hydrogen-bond acceptors (Lipinski definition) is 3. The highest BCUT2D eigenvalue weighted by Gasteiger charge is 2.18. The Morgan fingerprint density at radius 1 is 1.30 bits per heavy atom. The van der Waals surface area contributed by atoms with E-state index in [1.165, 1.54) is 0 Å². The van der Waals surface area contributed by atoms with Gasteiger partial charge in [-0.3, -0.25) is 14.2 Å². The molecule has 1 N–H and O–H groups in total. The van der Waals surface area contributed by atoms with E-state index in [1.807, 2.05) is 26.0 Å². The summed E-state index contributed by atoms with van der Waals surface area (Å²) >= 11 is 5.94. The predicted octanol–water partition coefficient (Wildman–Crippen LogP) is 3.44. The zero-order chi connectivity index (χ0) is 16.4. The number of nitrogens with zero attached hydrogens (tertiary/aromatic N) is 3. The van der Waals surface area contributed by atoms with Crippen molar-refractivity contribution >= 4 is 23.0 Å². The van der Waals surface area contributed by atoms with Crippen molar-refractivity contribution in [1.29, 1.82) is 0 Å². The lowest BCUT2D eigenvalue weighted by molar-refractivity contribution is 0.0938. The van der Waals surface area contributed by atoms with Crippen molar-refractivity contribution in [2.45, 2.75) is 13.8 Å². The van der Waals surface area contributed by atoms with Gasteiger partial charge in [-0.25, -0.2) is 4.98 Å². The van der Waals surface area contributed by atoms with Crippen molar-refractivity contribution in [3.05, 3.63) is 53.7 Å². The second kappa shape index (κ2) is 6.38. The molecular weight excluding hydrogens is 312 g/mol. The molecule has 1 aromatic carbocycles. The average molecular weight is 329 g/mol. The van der Waals surface area contributed by atoms with E-state index in [0.717, 1.165) is 11.1 Å². The molecule has 1 amide bonds.